The first-order valence-electron chi connectivity index (χ1n) is 4.51. The molecule has 0 saturated carbocycles. The van der Waals surface area contributed by atoms with E-state index in [9.17, 15) is 4.79 Å². The van der Waals surface area contributed by atoms with Crippen molar-refractivity contribution in [2.24, 2.45) is 0 Å². The Morgan fingerprint density at radius 2 is 2.14 bits per heavy atom. The number of para-hydroxylation sites is 1. The minimum atomic E-state index is -0.314. The van der Waals surface area contributed by atoms with Crippen LogP contribution in [0.25, 0.3) is 0 Å². The second-order valence-corrected chi connectivity index (χ2v) is 3.38. The highest BCUT2D eigenvalue weighted by molar-refractivity contribution is 5.84. The number of carbonyl (C=O) groups is 1. The van der Waals surface area contributed by atoms with Gasteiger partial charge >= 0.3 is 5.97 Å². The maximum Gasteiger partial charge on any atom is 0.334 e. The summed E-state index contributed by atoms with van der Waals surface area (Å²) in [4.78, 5) is 11.1. The predicted molar refractivity (Wildman–Crippen MR) is 48.6 cm³/mol. The maximum atomic E-state index is 11.1. The third kappa shape index (κ3) is 1.02. The summed E-state index contributed by atoms with van der Waals surface area (Å²) >= 11 is 0. The van der Waals surface area contributed by atoms with Crippen LogP contribution in [-0.4, -0.2) is 5.97 Å². The average Bonchev–Trinajstić information content (AvgIpc) is 2.17. The topological polar surface area (TPSA) is 35.5 Å². The Kier molecular flexibility index (Phi) is 1.42. The number of hydrogen-bond acceptors (Lipinski definition) is 3. The van der Waals surface area contributed by atoms with Crippen LogP contribution in [0, 0.1) is 0 Å². The fourth-order valence-electron chi connectivity index (χ4n) is 1.81. The highest BCUT2D eigenvalue weighted by Crippen LogP contribution is 2.40. The number of hydrogen-bond donors (Lipinski definition) is 0. The van der Waals surface area contributed by atoms with Crippen LogP contribution in [0.1, 0.15) is 18.1 Å². The average molecular weight is 188 g/mol. The Balaban J connectivity index is 2.14. The molecule has 2 aliphatic rings. The Hall–Kier alpha value is -1.77. The zero-order valence-corrected chi connectivity index (χ0v) is 7.40. The van der Waals surface area contributed by atoms with Gasteiger partial charge in [-0.3, -0.25) is 0 Å². The molecule has 0 spiro atoms. The monoisotopic (exact) mass is 188 g/mol. The van der Waals surface area contributed by atoms with Crippen molar-refractivity contribution in [2.45, 2.75) is 12.5 Å². The van der Waals surface area contributed by atoms with E-state index in [0.29, 0.717) is 12.2 Å². The van der Waals surface area contributed by atoms with Crippen LogP contribution < -0.4 is 4.74 Å². The summed E-state index contributed by atoms with van der Waals surface area (Å²) in [7, 11) is 0. The second-order valence-electron chi connectivity index (χ2n) is 3.38. The van der Waals surface area contributed by atoms with Gasteiger partial charge in [-0.1, -0.05) is 18.2 Å². The first-order chi connectivity index (χ1) is 6.83. The van der Waals surface area contributed by atoms with E-state index in [0.717, 1.165) is 11.3 Å². The Labute approximate surface area is 80.9 Å². The van der Waals surface area contributed by atoms with Crippen LogP contribution in [0.2, 0.25) is 0 Å². The lowest BCUT2D eigenvalue weighted by molar-refractivity contribution is -0.146. The molecule has 3 heteroatoms. The molecule has 0 radical (unpaired) electrons. The summed E-state index contributed by atoms with van der Waals surface area (Å²) < 4.78 is 10.7. The van der Waals surface area contributed by atoms with Crippen LogP contribution in [0.15, 0.2) is 36.1 Å². The van der Waals surface area contributed by atoms with Gasteiger partial charge in [0.05, 0.1) is 6.08 Å². The van der Waals surface area contributed by atoms with Crippen LogP contribution in [0.4, 0.5) is 0 Å². The van der Waals surface area contributed by atoms with Gasteiger partial charge < -0.3 is 9.47 Å². The molecule has 2 bridgehead atoms. The summed E-state index contributed by atoms with van der Waals surface area (Å²) in [5.41, 5.74) is 0.956. The van der Waals surface area contributed by atoms with E-state index in [1.54, 1.807) is 0 Å². The largest absolute Gasteiger partial charge is 0.461 e. The van der Waals surface area contributed by atoms with Crippen molar-refractivity contribution >= 4 is 5.97 Å². The minimum Gasteiger partial charge on any atom is -0.461 e. The summed E-state index contributed by atoms with van der Waals surface area (Å²) in [6, 6.07) is 7.63. The highest BCUT2D eigenvalue weighted by atomic mass is 16.6. The van der Waals surface area contributed by atoms with E-state index in [1.165, 1.54) is 6.08 Å². The van der Waals surface area contributed by atoms with Crippen molar-refractivity contribution in [1.82, 2.24) is 0 Å². The Morgan fingerprint density at radius 3 is 3.07 bits per heavy atom. The molecule has 3 nitrogen and oxygen atoms in total. The lowest BCUT2D eigenvalue weighted by atomic mass is 10.00. The van der Waals surface area contributed by atoms with Crippen LogP contribution in [0.3, 0.4) is 0 Å². The second kappa shape index (κ2) is 2.61. The molecule has 0 fully saturated rings. The van der Waals surface area contributed by atoms with Gasteiger partial charge in [-0.2, -0.15) is 0 Å². The Bertz CT molecular complexity index is 434. The first kappa shape index (κ1) is 7.62. The van der Waals surface area contributed by atoms with Crippen LogP contribution >= 0.6 is 0 Å². The fourth-order valence-corrected chi connectivity index (χ4v) is 1.81. The molecule has 0 aliphatic carbocycles. The fraction of sp³-hybridized carbons (Fsp3) is 0.182. The third-order valence-corrected chi connectivity index (χ3v) is 2.43. The van der Waals surface area contributed by atoms with E-state index in [-0.39, 0.29) is 12.1 Å². The number of carbonyl (C=O) groups excluding carboxylic acids is 1. The van der Waals surface area contributed by atoms with Gasteiger partial charge in [-0.15, -0.1) is 0 Å². The molecule has 3 rings (SSSR count). The van der Waals surface area contributed by atoms with Gasteiger partial charge in [0.2, 0.25) is 0 Å². The summed E-state index contributed by atoms with van der Waals surface area (Å²) in [6.45, 7) is 0. The zero-order valence-electron chi connectivity index (χ0n) is 7.40. The number of benzene rings is 1. The van der Waals surface area contributed by atoms with E-state index < -0.39 is 0 Å². The molecule has 14 heavy (non-hydrogen) atoms. The Morgan fingerprint density at radius 1 is 1.29 bits per heavy atom. The van der Waals surface area contributed by atoms with Crippen molar-refractivity contribution in [3.05, 3.63) is 41.7 Å². The summed E-state index contributed by atoms with van der Waals surface area (Å²) in [6.07, 6.45) is 1.90. The molecule has 0 amide bonds. The van der Waals surface area contributed by atoms with E-state index in [2.05, 4.69) is 0 Å². The molecule has 2 heterocycles. The molecule has 70 valence electrons. The summed E-state index contributed by atoms with van der Waals surface area (Å²) in [5.74, 6) is 1.18. The molecule has 1 atom stereocenters. The van der Waals surface area contributed by atoms with Crippen molar-refractivity contribution < 1.29 is 14.3 Å². The molecule has 1 unspecified atom stereocenters. The number of rotatable bonds is 0. The molecule has 1 aromatic rings. The molecule has 0 N–H and O–H groups in total. The van der Waals surface area contributed by atoms with Crippen LogP contribution in [-0.2, 0) is 9.53 Å². The van der Waals surface area contributed by atoms with Crippen molar-refractivity contribution in [3.63, 3.8) is 0 Å². The standard InChI is InChI=1S/C11H8O3/c12-11-6-7-5-10(14-11)8-3-1-2-4-9(8)13-7/h1-4,6,10H,5H2. The molecule has 1 aromatic carbocycles. The maximum absolute atomic E-state index is 11.1. The molecular weight excluding hydrogens is 180 g/mol. The lowest BCUT2D eigenvalue weighted by Gasteiger charge is -2.29. The number of fused-ring (bicyclic) bond motifs is 4. The number of ether oxygens (including phenoxy) is 2. The minimum absolute atomic E-state index is 0.160. The SMILES string of the molecule is O=C1C=C2CC(O1)c1ccccc1O2. The van der Waals surface area contributed by atoms with Gasteiger partial charge in [-0.25, -0.2) is 4.79 Å². The molecule has 0 saturated heterocycles. The van der Waals surface area contributed by atoms with E-state index in [1.807, 2.05) is 24.3 Å². The van der Waals surface area contributed by atoms with Gasteiger partial charge in [0.15, 0.2) is 0 Å². The summed E-state index contributed by atoms with van der Waals surface area (Å²) in [5, 5.41) is 0. The van der Waals surface area contributed by atoms with Gasteiger partial charge in [-0.05, 0) is 6.07 Å². The van der Waals surface area contributed by atoms with Crippen molar-refractivity contribution in [1.29, 1.82) is 0 Å². The molecule has 2 aliphatic heterocycles. The third-order valence-electron chi connectivity index (χ3n) is 2.43. The van der Waals surface area contributed by atoms with Crippen molar-refractivity contribution in [3.8, 4) is 5.75 Å². The van der Waals surface area contributed by atoms with Crippen molar-refractivity contribution in [2.75, 3.05) is 0 Å². The first-order valence-corrected chi connectivity index (χ1v) is 4.51. The van der Waals surface area contributed by atoms with Crippen LogP contribution in [0.5, 0.6) is 5.75 Å². The van der Waals surface area contributed by atoms with E-state index >= 15 is 0 Å². The predicted octanol–water partition coefficient (Wildman–Crippen LogP) is 1.95. The smallest absolute Gasteiger partial charge is 0.334 e. The zero-order chi connectivity index (χ0) is 9.54. The van der Waals surface area contributed by atoms with Gasteiger partial charge in [0.25, 0.3) is 0 Å². The quantitative estimate of drug-likeness (QED) is 0.584. The van der Waals surface area contributed by atoms with E-state index in [4.69, 9.17) is 9.47 Å². The molecule has 0 aromatic heterocycles. The van der Waals surface area contributed by atoms with Gasteiger partial charge in [0, 0.05) is 12.0 Å². The van der Waals surface area contributed by atoms with Gasteiger partial charge in [0.1, 0.15) is 17.6 Å². The lowest BCUT2D eigenvalue weighted by Crippen LogP contribution is -2.23. The highest BCUT2D eigenvalue weighted by Gasteiger charge is 2.31. The normalized spacial score (nSPS) is 23.0. The number of esters is 1. The molecular formula is C11H8O3.